The van der Waals surface area contributed by atoms with Crippen molar-refractivity contribution in [2.75, 3.05) is 6.61 Å². The number of ether oxygens (including phenoxy) is 1. The van der Waals surface area contributed by atoms with E-state index in [4.69, 9.17) is 4.74 Å². The zero-order chi connectivity index (χ0) is 15.9. The van der Waals surface area contributed by atoms with E-state index in [1.807, 2.05) is 51.1 Å². The molecular formula is C16H25NO3S. The first-order valence-electron chi connectivity index (χ1n) is 7.23. The van der Waals surface area contributed by atoms with Gasteiger partial charge in [-0.15, -0.1) is 0 Å². The monoisotopic (exact) mass is 311 g/mol. The molecule has 0 aliphatic carbocycles. The van der Waals surface area contributed by atoms with Crippen LogP contribution in [0.2, 0.25) is 0 Å². The number of esters is 1. The molecule has 0 spiro atoms. The summed E-state index contributed by atoms with van der Waals surface area (Å²) in [6.45, 7) is 7.94. The Kier molecular flexibility index (Phi) is 7.05. The Labute approximate surface area is 129 Å². The van der Waals surface area contributed by atoms with Crippen LogP contribution in [0.25, 0.3) is 0 Å². The number of rotatable bonds is 7. The van der Waals surface area contributed by atoms with E-state index < -0.39 is 11.0 Å². The number of carbonyl (C=O) groups excluding carboxylic acids is 1. The Morgan fingerprint density at radius 1 is 1.29 bits per heavy atom. The van der Waals surface area contributed by atoms with Crippen LogP contribution in [0.5, 0.6) is 0 Å². The van der Waals surface area contributed by atoms with Crippen LogP contribution in [-0.2, 0) is 20.5 Å². The van der Waals surface area contributed by atoms with E-state index in [1.165, 1.54) is 0 Å². The molecule has 0 aliphatic heterocycles. The minimum atomic E-state index is -1.19. The standard InChI is InChI=1S/C16H25NO3S/c1-5-20-15(18)12-11-14(13-9-7-6-8-10-13)17-21(19)16(2,3)4/h6-10,14,17H,5,11-12H2,1-4H3/t14-,21-/m0/s1. The smallest absolute Gasteiger partial charge is 0.305 e. The number of hydrogen-bond acceptors (Lipinski definition) is 3. The van der Waals surface area contributed by atoms with Gasteiger partial charge in [-0.2, -0.15) is 0 Å². The van der Waals surface area contributed by atoms with Crippen LogP contribution < -0.4 is 4.72 Å². The summed E-state index contributed by atoms with van der Waals surface area (Å²) in [5.74, 6) is -0.221. The third-order valence-corrected chi connectivity index (χ3v) is 4.56. The summed E-state index contributed by atoms with van der Waals surface area (Å²) in [6, 6.07) is 9.64. The molecule has 5 heteroatoms. The fourth-order valence-corrected chi connectivity index (χ4v) is 2.65. The predicted octanol–water partition coefficient (Wildman–Crippen LogP) is 3.12. The second kappa shape index (κ2) is 8.29. The molecule has 4 nitrogen and oxygen atoms in total. The average Bonchev–Trinajstić information content (AvgIpc) is 2.43. The molecule has 0 aliphatic rings. The lowest BCUT2D eigenvalue weighted by Gasteiger charge is -2.24. The third kappa shape index (κ3) is 6.40. The van der Waals surface area contributed by atoms with Gasteiger partial charge in [0.2, 0.25) is 0 Å². The quantitative estimate of drug-likeness (QED) is 0.787. The van der Waals surface area contributed by atoms with Crippen molar-refractivity contribution in [3.63, 3.8) is 0 Å². The van der Waals surface area contributed by atoms with E-state index in [0.29, 0.717) is 19.4 Å². The Bertz CT molecular complexity index is 468. The van der Waals surface area contributed by atoms with Gasteiger partial charge in [0.05, 0.1) is 22.3 Å². The fraction of sp³-hybridized carbons (Fsp3) is 0.562. The van der Waals surface area contributed by atoms with Crippen molar-refractivity contribution in [2.45, 2.75) is 51.3 Å². The zero-order valence-electron chi connectivity index (χ0n) is 13.2. The minimum absolute atomic E-state index is 0.129. The van der Waals surface area contributed by atoms with Crippen molar-refractivity contribution in [3.05, 3.63) is 35.9 Å². The lowest BCUT2D eigenvalue weighted by molar-refractivity contribution is -0.143. The molecular weight excluding hydrogens is 286 g/mol. The van der Waals surface area contributed by atoms with Crippen molar-refractivity contribution in [1.29, 1.82) is 0 Å². The summed E-state index contributed by atoms with van der Waals surface area (Å²) >= 11 is 0. The minimum Gasteiger partial charge on any atom is -0.466 e. The Balaban J connectivity index is 2.76. The molecule has 0 radical (unpaired) electrons. The van der Waals surface area contributed by atoms with Gasteiger partial charge in [0.1, 0.15) is 0 Å². The lowest BCUT2D eigenvalue weighted by atomic mass is 10.0. The molecule has 1 aromatic carbocycles. The van der Waals surface area contributed by atoms with Crippen LogP contribution >= 0.6 is 0 Å². The Morgan fingerprint density at radius 2 is 1.90 bits per heavy atom. The highest BCUT2D eigenvalue weighted by atomic mass is 32.2. The molecule has 118 valence electrons. The maximum atomic E-state index is 12.3. The topological polar surface area (TPSA) is 55.4 Å². The van der Waals surface area contributed by atoms with Gasteiger partial charge in [-0.25, -0.2) is 8.93 Å². The molecule has 2 atom stereocenters. The lowest BCUT2D eigenvalue weighted by Crippen LogP contribution is -2.36. The SMILES string of the molecule is CCOC(=O)CC[C@H](N[S@@](=O)C(C)(C)C)c1ccccc1. The van der Waals surface area contributed by atoms with Gasteiger partial charge in [0.25, 0.3) is 0 Å². The third-order valence-electron chi connectivity index (χ3n) is 2.95. The van der Waals surface area contributed by atoms with Crippen LogP contribution in [0, 0.1) is 0 Å². The van der Waals surface area contributed by atoms with Crippen molar-refractivity contribution >= 4 is 17.0 Å². The molecule has 0 fully saturated rings. The van der Waals surface area contributed by atoms with Gasteiger partial charge in [-0.05, 0) is 39.7 Å². The van der Waals surface area contributed by atoms with Gasteiger partial charge in [-0.1, -0.05) is 30.3 Å². The summed E-state index contributed by atoms with van der Waals surface area (Å²) in [4.78, 5) is 11.5. The van der Waals surface area contributed by atoms with Crippen LogP contribution in [0.4, 0.5) is 0 Å². The normalized spacial score (nSPS) is 14.5. The molecule has 1 rings (SSSR count). The van der Waals surface area contributed by atoms with Crippen LogP contribution in [0.15, 0.2) is 30.3 Å². The average molecular weight is 311 g/mol. The first kappa shape index (κ1) is 17.9. The number of carbonyl (C=O) groups is 1. The summed E-state index contributed by atoms with van der Waals surface area (Å²) in [5, 5.41) is 0. The van der Waals surface area contributed by atoms with E-state index in [2.05, 4.69) is 4.72 Å². The number of benzene rings is 1. The van der Waals surface area contributed by atoms with Crippen LogP contribution in [0.3, 0.4) is 0 Å². The fourth-order valence-electron chi connectivity index (χ4n) is 1.78. The number of hydrogen-bond donors (Lipinski definition) is 1. The molecule has 0 amide bonds. The summed E-state index contributed by atoms with van der Waals surface area (Å²) in [6.07, 6.45) is 0.867. The molecule has 1 N–H and O–H groups in total. The molecule has 0 saturated carbocycles. The first-order valence-corrected chi connectivity index (χ1v) is 8.38. The predicted molar refractivity (Wildman–Crippen MR) is 86.1 cm³/mol. The highest BCUT2D eigenvalue weighted by Crippen LogP contribution is 2.21. The van der Waals surface area contributed by atoms with Crippen molar-refractivity contribution < 1.29 is 13.7 Å². The second-order valence-electron chi connectivity index (χ2n) is 5.81. The molecule has 0 heterocycles. The van der Waals surface area contributed by atoms with Gasteiger partial charge < -0.3 is 4.74 Å². The maximum Gasteiger partial charge on any atom is 0.305 e. The zero-order valence-corrected chi connectivity index (χ0v) is 14.0. The van der Waals surface area contributed by atoms with E-state index in [-0.39, 0.29) is 16.8 Å². The van der Waals surface area contributed by atoms with Crippen molar-refractivity contribution in [2.24, 2.45) is 0 Å². The van der Waals surface area contributed by atoms with Crippen molar-refractivity contribution in [1.82, 2.24) is 4.72 Å². The summed E-state index contributed by atoms with van der Waals surface area (Å²) in [7, 11) is -1.19. The molecule has 0 saturated heterocycles. The maximum absolute atomic E-state index is 12.3. The highest BCUT2D eigenvalue weighted by Gasteiger charge is 2.24. The number of nitrogens with one attached hydrogen (secondary N) is 1. The van der Waals surface area contributed by atoms with Gasteiger partial charge >= 0.3 is 5.97 Å². The van der Waals surface area contributed by atoms with Crippen LogP contribution in [-0.4, -0.2) is 21.5 Å². The largest absolute Gasteiger partial charge is 0.466 e. The van der Waals surface area contributed by atoms with Crippen LogP contribution in [0.1, 0.15) is 52.1 Å². The summed E-state index contributed by atoms with van der Waals surface area (Å²) < 4.78 is 20.0. The molecule has 0 bridgehead atoms. The highest BCUT2D eigenvalue weighted by molar-refractivity contribution is 7.84. The van der Waals surface area contributed by atoms with Gasteiger partial charge in [0.15, 0.2) is 0 Å². The van der Waals surface area contributed by atoms with E-state index >= 15 is 0 Å². The van der Waals surface area contributed by atoms with Gasteiger partial charge in [-0.3, -0.25) is 4.79 Å². The second-order valence-corrected chi connectivity index (χ2v) is 7.80. The van der Waals surface area contributed by atoms with Gasteiger partial charge in [0, 0.05) is 12.5 Å². The molecule has 21 heavy (non-hydrogen) atoms. The Morgan fingerprint density at radius 3 is 2.43 bits per heavy atom. The molecule has 1 aromatic rings. The Hall–Kier alpha value is -1.20. The first-order chi connectivity index (χ1) is 9.84. The summed E-state index contributed by atoms with van der Waals surface area (Å²) in [5.41, 5.74) is 1.03. The van der Waals surface area contributed by atoms with E-state index in [1.54, 1.807) is 6.92 Å². The van der Waals surface area contributed by atoms with E-state index in [0.717, 1.165) is 5.56 Å². The van der Waals surface area contributed by atoms with Crippen molar-refractivity contribution in [3.8, 4) is 0 Å². The van der Waals surface area contributed by atoms with E-state index in [9.17, 15) is 9.00 Å². The molecule has 0 aromatic heterocycles. The molecule has 0 unspecified atom stereocenters.